The summed E-state index contributed by atoms with van der Waals surface area (Å²) in [4.78, 5) is 26.3. The van der Waals surface area contributed by atoms with Crippen LogP contribution in [0.25, 0.3) is 0 Å². The van der Waals surface area contributed by atoms with Crippen LogP contribution in [0.5, 0.6) is 0 Å². The predicted octanol–water partition coefficient (Wildman–Crippen LogP) is 2.32. The van der Waals surface area contributed by atoms with E-state index in [0.717, 1.165) is 17.0 Å². The Hall–Kier alpha value is -3.66. The second-order valence-corrected chi connectivity index (χ2v) is 8.22. The molecule has 0 unspecified atom stereocenters. The number of rotatable bonds is 6. The standard InChI is InChI=1S/C20H21F4N7O4S/c21-13-7-11(30-10-12(35-20(30)33)9-25-18(36)17(23)24)8-14(22)16(13)29-3-2-26-31(5-4-29)19(32)27-15-1-6-34-28-15/h1,6-8,12,17,26H,2-5,9-10H2,(H,25,36)(H,27,28,32)/t12-/m0/s1. The third-order valence-corrected chi connectivity index (χ3v) is 5.72. The summed E-state index contributed by atoms with van der Waals surface area (Å²) in [6.07, 6.45) is -3.27. The number of benzene rings is 1. The minimum absolute atomic E-state index is 0.0840. The van der Waals surface area contributed by atoms with E-state index >= 15 is 8.78 Å². The zero-order valence-electron chi connectivity index (χ0n) is 18.5. The van der Waals surface area contributed by atoms with E-state index in [4.69, 9.17) is 4.74 Å². The van der Waals surface area contributed by atoms with E-state index < -0.39 is 41.3 Å². The average Bonchev–Trinajstić information content (AvgIpc) is 3.40. The van der Waals surface area contributed by atoms with Gasteiger partial charge in [-0.15, -0.1) is 0 Å². The van der Waals surface area contributed by atoms with Gasteiger partial charge in [-0.2, -0.15) is 0 Å². The van der Waals surface area contributed by atoms with Gasteiger partial charge in [-0.1, -0.05) is 17.4 Å². The van der Waals surface area contributed by atoms with Gasteiger partial charge < -0.3 is 19.5 Å². The number of hydrazine groups is 1. The molecule has 4 rings (SSSR count). The third-order valence-electron chi connectivity index (χ3n) is 5.40. The zero-order chi connectivity index (χ0) is 25.8. The van der Waals surface area contributed by atoms with Crippen molar-refractivity contribution in [2.75, 3.05) is 54.4 Å². The van der Waals surface area contributed by atoms with E-state index in [2.05, 4.69) is 38.0 Å². The predicted molar refractivity (Wildman–Crippen MR) is 123 cm³/mol. The second-order valence-electron chi connectivity index (χ2n) is 7.78. The fourth-order valence-electron chi connectivity index (χ4n) is 3.72. The monoisotopic (exact) mass is 531 g/mol. The van der Waals surface area contributed by atoms with Crippen LogP contribution in [-0.2, 0) is 4.74 Å². The van der Waals surface area contributed by atoms with Gasteiger partial charge in [0.15, 0.2) is 17.5 Å². The van der Waals surface area contributed by atoms with Crippen molar-refractivity contribution < 1.29 is 36.4 Å². The van der Waals surface area contributed by atoms with E-state index in [-0.39, 0.29) is 56.5 Å². The number of nitrogens with zero attached hydrogens (tertiary/aromatic N) is 4. The highest BCUT2D eigenvalue weighted by Gasteiger charge is 2.34. The molecule has 2 aliphatic heterocycles. The molecule has 1 atom stereocenters. The number of alkyl halides is 2. The molecule has 2 saturated heterocycles. The fourth-order valence-corrected chi connectivity index (χ4v) is 3.81. The summed E-state index contributed by atoms with van der Waals surface area (Å²) in [7, 11) is 0. The highest BCUT2D eigenvalue weighted by atomic mass is 32.1. The van der Waals surface area contributed by atoms with Crippen LogP contribution in [0, 0.1) is 11.6 Å². The molecule has 2 aromatic rings. The first-order valence-corrected chi connectivity index (χ1v) is 11.1. The van der Waals surface area contributed by atoms with Gasteiger partial charge in [0, 0.05) is 37.8 Å². The summed E-state index contributed by atoms with van der Waals surface area (Å²) in [5, 5.41) is 9.66. The van der Waals surface area contributed by atoms with Gasteiger partial charge in [0.2, 0.25) is 0 Å². The number of nitrogens with one attached hydrogen (secondary N) is 3. The number of halogens is 4. The van der Waals surface area contributed by atoms with E-state index in [1.165, 1.54) is 22.2 Å². The van der Waals surface area contributed by atoms with Crippen molar-refractivity contribution in [2.24, 2.45) is 0 Å². The molecule has 3 heterocycles. The maximum absolute atomic E-state index is 15.1. The number of ether oxygens (including phenoxy) is 1. The number of urea groups is 1. The van der Waals surface area contributed by atoms with Gasteiger partial charge in [-0.05, 0) is 0 Å². The van der Waals surface area contributed by atoms with Crippen LogP contribution in [-0.4, -0.2) is 79.1 Å². The largest absolute Gasteiger partial charge is 0.442 e. The van der Waals surface area contributed by atoms with Crippen molar-refractivity contribution in [2.45, 2.75) is 12.5 Å². The molecule has 2 aliphatic rings. The van der Waals surface area contributed by atoms with Crippen LogP contribution in [0.4, 0.5) is 44.3 Å². The number of carbonyl (C=O) groups excluding carboxylic acids is 2. The Morgan fingerprint density at radius 2 is 2.00 bits per heavy atom. The molecule has 3 N–H and O–H groups in total. The Morgan fingerprint density at radius 3 is 2.67 bits per heavy atom. The first-order chi connectivity index (χ1) is 17.2. The van der Waals surface area contributed by atoms with Crippen LogP contribution in [0.1, 0.15) is 0 Å². The molecule has 36 heavy (non-hydrogen) atoms. The van der Waals surface area contributed by atoms with Gasteiger partial charge >= 0.3 is 12.1 Å². The number of carbonyl (C=O) groups is 2. The van der Waals surface area contributed by atoms with Gasteiger partial charge in [0.05, 0.1) is 25.3 Å². The molecule has 11 nitrogen and oxygen atoms in total. The van der Waals surface area contributed by atoms with Crippen LogP contribution >= 0.6 is 12.2 Å². The lowest BCUT2D eigenvalue weighted by Crippen LogP contribution is -2.46. The first-order valence-electron chi connectivity index (χ1n) is 10.7. The lowest BCUT2D eigenvalue weighted by Gasteiger charge is -2.25. The van der Waals surface area contributed by atoms with Crippen LogP contribution in [0.2, 0.25) is 0 Å². The summed E-state index contributed by atoms with van der Waals surface area (Å²) >= 11 is 4.48. The molecular formula is C20H21F4N7O4S. The molecule has 1 aromatic carbocycles. The van der Waals surface area contributed by atoms with Gasteiger partial charge in [0.25, 0.3) is 6.43 Å². The Kier molecular flexibility index (Phi) is 7.73. The molecule has 0 spiro atoms. The number of amides is 3. The summed E-state index contributed by atoms with van der Waals surface area (Å²) < 4.78 is 64.9. The van der Waals surface area contributed by atoms with Crippen molar-refractivity contribution in [3.8, 4) is 0 Å². The van der Waals surface area contributed by atoms with E-state index in [0.29, 0.717) is 0 Å². The normalized spacial score (nSPS) is 18.3. The molecule has 16 heteroatoms. The van der Waals surface area contributed by atoms with Crippen molar-refractivity contribution in [3.63, 3.8) is 0 Å². The maximum Gasteiger partial charge on any atom is 0.414 e. The molecule has 3 amide bonds. The summed E-state index contributed by atoms with van der Waals surface area (Å²) in [6, 6.07) is 2.92. The summed E-state index contributed by atoms with van der Waals surface area (Å²) in [6.45, 7) is 0.313. The molecule has 0 bridgehead atoms. The number of cyclic esters (lactones) is 1. The van der Waals surface area contributed by atoms with Crippen molar-refractivity contribution in [1.29, 1.82) is 0 Å². The highest BCUT2D eigenvalue weighted by molar-refractivity contribution is 7.80. The van der Waals surface area contributed by atoms with Crippen molar-refractivity contribution >= 4 is 46.5 Å². The lowest BCUT2D eigenvalue weighted by molar-refractivity contribution is 0.142. The molecule has 2 fully saturated rings. The van der Waals surface area contributed by atoms with Crippen molar-refractivity contribution in [1.82, 2.24) is 20.9 Å². The van der Waals surface area contributed by atoms with Crippen LogP contribution in [0.15, 0.2) is 29.0 Å². The third kappa shape index (κ3) is 5.76. The quantitative estimate of drug-likeness (QED) is 0.382. The molecule has 1 aromatic heterocycles. The van der Waals surface area contributed by atoms with Gasteiger partial charge in [0.1, 0.15) is 23.0 Å². The Bertz CT molecular complexity index is 1100. The minimum Gasteiger partial charge on any atom is -0.442 e. The van der Waals surface area contributed by atoms with Gasteiger partial charge in [-0.3, -0.25) is 15.2 Å². The minimum atomic E-state index is -2.85. The van der Waals surface area contributed by atoms with Gasteiger partial charge in [-0.25, -0.2) is 32.6 Å². The number of thiocarbonyl (C=S) groups is 1. The van der Waals surface area contributed by atoms with Crippen LogP contribution < -0.4 is 25.9 Å². The van der Waals surface area contributed by atoms with E-state index in [1.807, 2.05) is 0 Å². The number of aromatic nitrogens is 1. The Labute approximate surface area is 207 Å². The Morgan fingerprint density at radius 1 is 1.25 bits per heavy atom. The first kappa shape index (κ1) is 25.4. The smallest absolute Gasteiger partial charge is 0.414 e. The molecular weight excluding hydrogens is 510 g/mol. The number of hydrogen-bond donors (Lipinski definition) is 3. The maximum atomic E-state index is 15.1. The molecule has 0 saturated carbocycles. The fraction of sp³-hybridized carbons (Fsp3) is 0.400. The zero-order valence-corrected chi connectivity index (χ0v) is 19.4. The summed E-state index contributed by atoms with van der Waals surface area (Å²) in [5.74, 6) is -1.62. The van der Waals surface area contributed by atoms with Crippen molar-refractivity contribution in [3.05, 3.63) is 36.1 Å². The summed E-state index contributed by atoms with van der Waals surface area (Å²) in [5.41, 5.74) is 2.47. The van der Waals surface area contributed by atoms with E-state index in [9.17, 15) is 18.4 Å². The second kappa shape index (κ2) is 10.9. The lowest BCUT2D eigenvalue weighted by atomic mass is 10.2. The average molecular weight is 531 g/mol. The topological polar surface area (TPSA) is 115 Å². The Balaban J connectivity index is 1.40. The van der Waals surface area contributed by atoms with Crippen LogP contribution in [0.3, 0.4) is 0 Å². The molecule has 194 valence electrons. The number of anilines is 3. The SMILES string of the molecule is O=C(Nc1ccon1)N1CCN(c2c(F)cc(N3C[C@H](CNC(=S)C(F)F)OC3=O)cc2F)CCN1. The van der Waals surface area contributed by atoms with E-state index in [1.54, 1.807) is 0 Å². The highest BCUT2D eigenvalue weighted by Crippen LogP contribution is 2.31. The molecule has 0 radical (unpaired) electrons. The number of hydrogen-bond acceptors (Lipinski definition) is 8. The molecule has 0 aliphatic carbocycles.